The standard InChI is InChI=1S/C17H23NO11/c1-8(19)24-7-13-14(26-9(2)20)15(27-10(3)21)16(28-11(4)22)17(29-13)25-6-12(23)5-18/h12-17,23H,6-7H2,1-4H3/t12-,13+,14+,15-,16-,17-/m0/s1. The van der Waals surface area contributed by atoms with Crippen molar-refractivity contribution in [3.63, 3.8) is 0 Å². The Morgan fingerprint density at radius 1 is 0.931 bits per heavy atom. The van der Waals surface area contributed by atoms with Crippen molar-refractivity contribution in [2.45, 2.75) is 64.5 Å². The fourth-order valence-corrected chi connectivity index (χ4v) is 2.55. The number of rotatable bonds is 8. The van der Waals surface area contributed by atoms with Gasteiger partial charge in [-0.1, -0.05) is 0 Å². The minimum Gasteiger partial charge on any atom is -0.463 e. The van der Waals surface area contributed by atoms with Crippen LogP contribution in [0.5, 0.6) is 0 Å². The first kappa shape index (κ1) is 24.3. The average molecular weight is 417 g/mol. The average Bonchev–Trinajstić information content (AvgIpc) is 2.60. The lowest BCUT2D eigenvalue weighted by Gasteiger charge is -2.44. The van der Waals surface area contributed by atoms with E-state index < -0.39 is 73.9 Å². The minimum absolute atomic E-state index is 0.404. The smallest absolute Gasteiger partial charge is 0.303 e. The number of nitriles is 1. The van der Waals surface area contributed by atoms with Crippen LogP contribution < -0.4 is 0 Å². The number of hydrogen-bond acceptors (Lipinski definition) is 12. The Bertz CT molecular complexity index is 658. The summed E-state index contributed by atoms with van der Waals surface area (Å²) in [5.74, 6) is -2.98. The molecule has 6 atom stereocenters. The molecule has 12 nitrogen and oxygen atoms in total. The van der Waals surface area contributed by atoms with Gasteiger partial charge in [-0.05, 0) is 0 Å². The third-order valence-corrected chi connectivity index (χ3v) is 3.52. The molecule has 0 radical (unpaired) electrons. The third kappa shape index (κ3) is 8.02. The highest BCUT2D eigenvalue weighted by Crippen LogP contribution is 2.30. The fourth-order valence-electron chi connectivity index (χ4n) is 2.55. The Morgan fingerprint density at radius 3 is 1.93 bits per heavy atom. The van der Waals surface area contributed by atoms with Gasteiger partial charge in [0, 0.05) is 27.7 Å². The normalized spacial score (nSPS) is 27.1. The zero-order chi connectivity index (χ0) is 22.1. The summed E-state index contributed by atoms with van der Waals surface area (Å²) < 4.78 is 31.3. The lowest BCUT2D eigenvalue weighted by atomic mass is 9.98. The minimum atomic E-state index is -1.51. The van der Waals surface area contributed by atoms with E-state index in [0.29, 0.717) is 0 Å². The maximum Gasteiger partial charge on any atom is 0.303 e. The first-order valence-electron chi connectivity index (χ1n) is 8.54. The Morgan fingerprint density at radius 2 is 1.45 bits per heavy atom. The predicted octanol–water partition coefficient (Wildman–Crippen LogP) is -1.03. The van der Waals surface area contributed by atoms with Crippen LogP contribution in [0.15, 0.2) is 0 Å². The molecule has 1 rings (SSSR count). The first-order chi connectivity index (χ1) is 13.5. The van der Waals surface area contributed by atoms with Crippen LogP contribution in [0.3, 0.4) is 0 Å². The van der Waals surface area contributed by atoms with E-state index in [1.54, 1.807) is 0 Å². The molecule has 0 bridgehead atoms. The van der Waals surface area contributed by atoms with Crippen molar-refractivity contribution in [3.8, 4) is 6.07 Å². The van der Waals surface area contributed by atoms with E-state index in [4.69, 9.17) is 33.7 Å². The largest absolute Gasteiger partial charge is 0.463 e. The summed E-state index contributed by atoms with van der Waals surface area (Å²) in [7, 11) is 0. The van der Waals surface area contributed by atoms with Gasteiger partial charge in [0.05, 0.1) is 12.7 Å². The number of esters is 4. The Hall–Kier alpha value is -2.75. The summed E-state index contributed by atoms with van der Waals surface area (Å²) in [6.45, 7) is 3.48. The zero-order valence-electron chi connectivity index (χ0n) is 16.4. The summed E-state index contributed by atoms with van der Waals surface area (Å²) >= 11 is 0. The first-order valence-corrected chi connectivity index (χ1v) is 8.54. The van der Waals surface area contributed by atoms with Crippen molar-refractivity contribution < 1.29 is 52.7 Å². The molecule has 1 aliphatic heterocycles. The molecule has 1 fully saturated rings. The van der Waals surface area contributed by atoms with E-state index in [1.165, 1.54) is 6.07 Å². The van der Waals surface area contributed by atoms with Gasteiger partial charge >= 0.3 is 23.9 Å². The maximum atomic E-state index is 11.6. The molecule has 0 aromatic rings. The molecule has 1 heterocycles. The van der Waals surface area contributed by atoms with Gasteiger partial charge in [0.2, 0.25) is 0 Å². The van der Waals surface area contributed by atoms with Gasteiger partial charge in [-0.15, -0.1) is 0 Å². The molecule has 162 valence electrons. The molecule has 0 spiro atoms. The number of hydrogen-bond donors (Lipinski definition) is 1. The van der Waals surface area contributed by atoms with Gasteiger partial charge < -0.3 is 33.5 Å². The quantitative estimate of drug-likeness (QED) is 0.290. The molecular weight excluding hydrogens is 394 g/mol. The van der Waals surface area contributed by atoms with E-state index in [-0.39, 0.29) is 0 Å². The van der Waals surface area contributed by atoms with Crippen LogP contribution in [0, 0.1) is 11.3 Å². The van der Waals surface area contributed by atoms with E-state index in [1.807, 2.05) is 0 Å². The number of aliphatic hydroxyl groups is 1. The van der Waals surface area contributed by atoms with Crippen LogP contribution in [0.4, 0.5) is 0 Å². The molecule has 29 heavy (non-hydrogen) atoms. The highest BCUT2D eigenvalue weighted by Gasteiger charge is 2.52. The highest BCUT2D eigenvalue weighted by atomic mass is 16.7. The number of aliphatic hydroxyl groups excluding tert-OH is 1. The number of ether oxygens (including phenoxy) is 6. The molecule has 1 aliphatic rings. The number of nitrogens with zero attached hydrogens (tertiary/aromatic N) is 1. The van der Waals surface area contributed by atoms with Crippen molar-refractivity contribution in [1.82, 2.24) is 0 Å². The van der Waals surface area contributed by atoms with Gasteiger partial charge in [0.15, 0.2) is 30.7 Å². The van der Waals surface area contributed by atoms with Crippen molar-refractivity contribution in [2.24, 2.45) is 0 Å². The molecule has 0 unspecified atom stereocenters. The molecule has 0 saturated carbocycles. The molecule has 0 aromatic carbocycles. The van der Waals surface area contributed by atoms with E-state index in [2.05, 4.69) is 0 Å². The van der Waals surface area contributed by atoms with E-state index in [9.17, 15) is 24.3 Å². The topological polar surface area (TPSA) is 168 Å². The second-order valence-electron chi connectivity index (χ2n) is 6.05. The number of carbonyl (C=O) groups is 4. The molecule has 1 N–H and O–H groups in total. The zero-order valence-corrected chi connectivity index (χ0v) is 16.4. The van der Waals surface area contributed by atoms with Gasteiger partial charge in [-0.25, -0.2) is 0 Å². The molecule has 0 aromatic heterocycles. The Balaban J connectivity index is 3.26. The second-order valence-corrected chi connectivity index (χ2v) is 6.05. The van der Waals surface area contributed by atoms with E-state index in [0.717, 1.165) is 27.7 Å². The summed E-state index contributed by atoms with van der Waals surface area (Å²) in [5.41, 5.74) is 0. The fraction of sp³-hybridized carbons (Fsp3) is 0.706. The van der Waals surface area contributed by atoms with Crippen molar-refractivity contribution in [2.75, 3.05) is 13.2 Å². The SMILES string of the molecule is CC(=O)OC[C@H]1O[C@H](OC[C@@H](O)C#N)[C@@H](OC(C)=O)[C@@H](OC(C)=O)[C@@H]1OC(C)=O. The third-order valence-electron chi connectivity index (χ3n) is 3.52. The molecular formula is C17H23NO11. The van der Waals surface area contributed by atoms with E-state index >= 15 is 0 Å². The molecule has 12 heteroatoms. The maximum absolute atomic E-state index is 11.6. The Kier molecular flexibility index (Phi) is 9.46. The molecule has 1 saturated heterocycles. The lowest BCUT2D eigenvalue weighted by Crippen LogP contribution is -2.63. The summed E-state index contributed by atoms with van der Waals surface area (Å²) in [5, 5.41) is 18.1. The summed E-state index contributed by atoms with van der Waals surface area (Å²) in [6, 6.07) is 1.53. The molecule has 0 aliphatic carbocycles. The summed E-state index contributed by atoms with van der Waals surface area (Å²) in [4.78, 5) is 45.9. The van der Waals surface area contributed by atoms with Crippen LogP contribution in [-0.2, 0) is 47.6 Å². The number of carbonyl (C=O) groups excluding carboxylic acids is 4. The van der Waals surface area contributed by atoms with Crippen LogP contribution in [0.1, 0.15) is 27.7 Å². The molecule has 0 amide bonds. The predicted molar refractivity (Wildman–Crippen MR) is 89.5 cm³/mol. The van der Waals surface area contributed by atoms with Gasteiger partial charge in [-0.2, -0.15) is 5.26 Å². The second kappa shape index (κ2) is 11.3. The Labute approximate surface area is 166 Å². The van der Waals surface area contributed by atoms with Crippen molar-refractivity contribution in [3.05, 3.63) is 0 Å². The van der Waals surface area contributed by atoms with Crippen LogP contribution >= 0.6 is 0 Å². The van der Waals surface area contributed by atoms with Crippen LogP contribution in [-0.4, -0.2) is 79.0 Å². The van der Waals surface area contributed by atoms with Crippen LogP contribution in [0.25, 0.3) is 0 Å². The highest BCUT2D eigenvalue weighted by molar-refractivity contribution is 5.68. The monoisotopic (exact) mass is 417 g/mol. The van der Waals surface area contributed by atoms with Crippen molar-refractivity contribution >= 4 is 23.9 Å². The van der Waals surface area contributed by atoms with Gasteiger partial charge in [0.25, 0.3) is 0 Å². The van der Waals surface area contributed by atoms with Crippen molar-refractivity contribution in [1.29, 1.82) is 5.26 Å². The summed E-state index contributed by atoms with van der Waals surface area (Å²) in [6.07, 6.45) is -8.19. The lowest BCUT2D eigenvalue weighted by molar-refractivity contribution is -0.310. The van der Waals surface area contributed by atoms with Gasteiger partial charge in [0.1, 0.15) is 12.7 Å². The van der Waals surface area contributed by atoms with Crippen LogP contribution in [0.2, 0.25) is 0 Å². The van der Waals surface area contributed by atoms with Gasteiger partial charge in [-0.3, -0.25) is 19.2 Å².